The van der Waals surface area contributed by atoms with E-state index in [0.717, 1.165) is 58.4 Å². The van der Waals surface area contributed by atoms with Gasteiger partial charge in [-0.05, 0) is 44.9 Å². The van der Waals surface area contributed by atoms with E-state index in [0.29, 0.717) is 24.0 Å². The second-order valence-electron chi connectivity index (χ2n) is 9.12. The molecule has 1 aromatic rings. The van der Waals surface area contributed by atoms with Crippen molar-refractivity contribution in [3.05, 3.63) is 24.3 Å². The Morgan fingerprint density at radius 1 is 1.06 bits per heavy atom. The molecule has 31 heavy (non-hydrogen) atoms. The minimum atomic E-state index is -0.364. The number of hydrogen-bond donors (Lipinski definition) is 1. The second kappa shape index (κ2) is 12.9. The van der Waals surface area contributed by atoms with Crippen LogP contribution in [0.25, 0.3) is 0 Å². The van der Waals surface area contributed by atoms with Crippen LogP contribution in [0.15, 0.2) is 24.3 Å². The molecule has 2 aliphatic rings. The summed E-state index contributed by atoms with van der Waals surface area (Å²) in [6.07, 6.45) is 8.74. The molecule has 0 bridgehead atoms. The van der Waals surface area contributed by atoms with E-state index in [-0.39, 0.29) is 12.2 Å². The Labute approximate surface area is 188 Å². The van der Waals surface area contributed by atoms with Crippen molar-refractivity contribution in [1.29, 1.82) is 0 Å². The predicted molar refractivity (Wildman–Crippen MR) is 126 cm³/mol. The third-order valence-electron chi connectivity index (χ3n) is 6.57. The number of hydrogen-bond acceptors (Lipinski definition) is 5. The topological polar surface area (TPSA) is 54.0 Å². The Bertz CT molecular complexity index is 661. The standard InChI is InChI=1S/C25H41N3O3/c1-3-4-5-10-19-30-24-14-9-7-12-22(24)26-25(29)31-23-13-8-6-11-21(23)20-28-17-15-27(2)16-18-28/h7,9,12,14,21,23H,3-6,8,10-11,13,15-20H2,1-2H3,(H,26,29)/t21-,23+/m1/s1. The molecule has 2 atom stereocenters. The SMILES string of the molecule is CCCCCCOc1ccccc1NC(=O)O[C@H]1CCCC[C@@H]1CN1CCN(C)CC1. The van der Waals surface area contributed by atoms with E-state index in [1.54, 1.807) is 0 Å². The largest absolute Gasteiger partial charge is 0.491 e. The number of benzene rings is 1. The molecule has 1 saturated heterocycles. The van der Waals surface area contributed by atoms with Gasteiger partial charge in [0.1, 0.15) is 11.9 Å². The minimum Gasteiger partial charge on any atom is -0.491 e. The smallest absolute Gasteiger partial charge is 0.412 e. The van der Waals surface area contributed by atoms with Crippen molar-refractivity contribution in [2.45, 2.75) is 64.4 Å². The summed E-state index contributed by atoms with van der Waals surface area (Å²) < 4.78 is 11.9. The lowest BCUT2D eigenvalue weighted by atomic mass is 9.86. The van der Waals surface area contributed by atoms with Crippen molar-refractivity contribution < 1.29 is 14.3 Å². The molecule has 1 N–H and O–H groups in total. The summed E-state index contributed by atoms with van der Waals surface area (Å²) >= 11 is 0. The molecule has 0 unspecified atom stereocenters. The van der Waals surface area contributed by atoms with Crippen LogP contribution in [0.4, 0.5) is 10.5 Å². The van der Waals surface area contributed by atoms with E-state index >= 15 is 0 Å². The van der Waals surface area contributed by atoms with Crippen LogP contribution in [0.2, 0.25) is 0 Å². The van der Waals surface area contributed by atoms with Gasteiger partial charge in [0.25, 0.3) is 0 Å². The van der Waals surface area contributed by atoms with Crippen LogP contribution < -0.4 is 10.1 Å². The van der Waals surface area contributed by atoms with Gasteiger partial charge >= 0.3 is 6.09 Å². The van der Waals surface area contributed by atoms with Gasteiger partial charge in [-0.25, -0.2) is 4.79 Å². The minimum absolute atomic E-state index is 0.00414. The van der Waals surface area contributed by atoms with E-state index in [4.69, 9.17) is 9.47 Å². The van der Waals surface area contributed by atoms with Crippen LogP contribution in [0, 0.1) is 5.92 Å². The number of amides is 1. The first-order valence-corrected chi connectivity index (χ1v) is 12.3. The molecule has 1 heterocycles. The van der Waals surface area contributed by atoms with Crippen LogP contribution in [-0.2, 0) is 4.74 Å². The van der Waals surface area contributed by atoms with Crippen molar-refractivity contribution in [2.75, 3.05) is 51.7 Å². The van der Waals surface area contributed by atoms with Gasteiger partial charge in [0.2, 0.25) is 0 Å². The molecule has 174 valence electrons. The zero-order valence-corrected chi connectivity index (χ0v) is 19.5. The Morgan fingerprint density at radius 2 is 1.84 bits per heavy atom. The average molecular weight is 432 g/mol. The zero-order valence-electron chi connectivity index (χ0n) is 19.5. The van der Waals surface area contributed by atoms with E-state index in [1.165, 1.54) is 25.7 Å². The molecule has 3 rings (SSSR count). The number of para-hydroxylation sites is 2. The van der Waals surface area contributed by atoms with Crippen LogP contribution >= 0.6 is 0 Å². The van der Waals surface area contributed by atoms with Crippen molar-refractivity contribution >= 4 is 11.8 Å². The molecule has 6 nitrogen and oxygen atoms in total. The monoisotopic (exact) mass is 431 g/mol. The number of carbonyl (C=O) groups is 1. The predicted octanol–water partition coefficient (Wildman–Crippen LogP) is 5.00. The number of ether oxygens (including phenoxy) is 2. The highest BCUT2D eigenvalue weighted by Gasteiger charge is 2.30. The van der Waals surface area contributed by atoms with Crippen LogP contribution in [0.5, 0.6) is 5.75 Å². The molecule has 0 aromatic heterocycles. The van der Waals surface area contributed by atoms with Crippen LogP contribution in [-0.4, -0.2) is 68.4 Å². The van der Waals surface area contributed by atoms with Crippen LogP contribution in [0.1, 0.15) is 58.3 Å². The van der Waals surface area contributed by atoms with Crippen molar-refractivity contribution in [3.8, 4) is 5.75 Å². The molecular formula is C25H41N3O3. The summed E-state index contributed by atoms with van der Waals surface area (Å²) in [7, 11) is 2.18. The lowest BCUT2D eigenvalue weighted by Gasteiger charge is -2.38. The fraction of sp³-hybridized carbons (Fsp3) is 0.720. The highest BCUT2D eigenvalue weighted by Crippen LogP contribution is 2.29. The van der Waals surface area contributed by atoms with E-state index in [2.05, 4.69) is 29.1 Å². The Hall–Kier alpha value is -1.79. The van der Waals surface area contributed by atoms with Crippen LogP contribution in [0.3, 0.4) is 0 Å². The number of carbonyl (C=O) groups excluding carboxylic acids is 1. The normalized spacial score (nSPS) is 22.8. The maximum Gasteiger partial charge on any atom is 0.412 e. The molecule has 0 spiro atoms. The molecule has 1 aliphatic carbocycles. The molecule has 2 fully saturated rings. The van der Waals surface area contributed by atoms with Gasteiger partial charge in [-0.1, -0.05) is 44.7 Å². The molecule has 1 aliphatic heterocycles. The number of piperazine rings is 1. The van der Waals surface area contributed by atoms with E-state index in [9.17, 15) is 4.79 Å². The third kappa shape index (κ3) is 8.00. The van der Waals surface area contributed by atoms with Gasteiger partial charge in [0.15, 0.2) is 0 Å². The lowest BCUT2D eigenvalue weighted by molar-refractivity contribution is 0.0222. The number of anilines is 1. The number of nitrogens with one attached hydrogen (secondary N) is 1. The quantitative estimate of drug-likeness (QED) is 0.528. The third-order valence-corrected chi connectivity index (χ3v) is 6.57. The first-order chi connectivity index (χ1) is 15.2. The fourth-order valence-corrected chi connectivity index (χ4v) is 4.58. The summed E-state index contributed by atoms with van der Waals surface area (Å²) in [5.41, 5.74) is 0.689. The number of nitrogens with zero attached hydrogens (tertiary/aromatic N) is 2. The molecule has 6 heteroatoms. The van der Waals surface area contributed by atoms with Crippen molar-refractivity contribution in [3.63, 3.8) is 0 Å². The van der Waals surface area contributed by atoms with E-state index in [1.807, 2.05) is 24.3 Å². The summed E-state index contributed by atoms with van der Waals surface area (Å²) in [6, 6.07) is 7.64. The first kappa shape index (κ1) is 23.9. The second-order valence-corrected chi connectivity index (χ2v) is 9.12. The first-order valence-electron chi connectivity index (χ1n) is 12.3. The van der Waals surface area contributed by atoms with Gasteiger partial charge in [-0.2, -0.15) is 0 Å². The maximum atomic E-state index is 12.7. The van der Waals surface area contributed by atoms with Gasteiger partial charge in [0, 0.05) is 38.6 Å². The van der Waals surface area contributed by atoms with Gasteiger partial charge in [-0.15, -0.1) is 0 Å². The summed E-state index contributed by atoms with van der Waals surface area (Å²) in [4.78, 5) is 17.6. The van der Waals surface area contributed by atoms with E-state index < -0.39 is 0 Å². The highest BCUT2D eigenvalue weighted by molar-refractivity contribution is 5.86. The molecule has 0 radical (unpaired) electrons. The Balaban J connectivity index is 1.49. The summed E-state index contributed by atoms with van der Waals surface area (Å²) in [6.45, 7) is 8.35. The molecule has 1 amide bonds. The van der Waals surface area contributed by atoms with Gasteiger partial charge in [0.05, 0.1) is 12.3 Å². The number of likely N-dealkylation sites (N-methyl/N-ethyl adjacent to an activating group) is 1. The Morgan fingerprint density at radius 3 is 2.65 bits per heavy atom. The van der Waals surface area contributed by atoms with Gasteiger partial charge < -0.3 is 19.3 Å². The highest BCUT2D eigenvalue weighted by atomic mass is 16.6. The summed E-state index contributed by atoms with van der Waals surface area (Å²) in [5.74, 6) is 1.14. The van der Waals surface area contributed by atoms with Crippen molar-refractivity contribution in [2.24, 2.45) is 5.92 Å². The summed E-state index contributed by atoms with van der Waals surface area (Å²) in [5, 5.41) is 2.93. The lowest BCUT2D eigenvalue weighted by Crippen LogP contribution is -2.48. The van der Waals surface area contributed by atoms with Gasteiger partial charge in [-0.3, -0.25) is 5.32 Å². The fourth-order valence-electron chi connectivity index (χ4n) is 4.58. The molecule has 1 aromatic carbocycles. The maximum absolute atomic E-state index is 12.7. The average Bonchev–Trinajstić information content (AvgIpc) is 2.77. The zero-order chi connectivity index (χ0) is 21.9. The number of unbranched alkanes of at least 4 members (excludes halogenated alkanes) is 3. The number of rotatable bonds is 10. The van der Waals surface area contributed by atoms with Crippen molar-refractivity contribution in [1.82, 2.24) is 9.80 Å². The molecular weight excluding hydrogens is 390 g/mol. The molecule has 1 saturated carbocycles. The Kier molecular flexibility index (Phi) is 9.94.